The van der Waals surface area contributed by atoms with Crippen LogP contribution in [0.3, 0.4) is 0 Å². The lowest BCUT2D eigenvalue weighted by atomic mass is 10.1. The van der Waals surface area contributed by atoms with Gasteiger partial charge in [-0.1, -0.05) is 22.0 Å². The van der Waals surface area contributed by atoms with Gasteiger partial charge in [0.15, 0.2) is 0 Å². The van der Waals surface area contributed by atoms with Crippen LogP contribution in [0.25, 0.3) is 0 Å². The molecular formula is C15H14BrFN2O2. The zero-order valence-electron chi connectivity index (χ0n) is 11.3. The van der Waals surface area contributed by atoms with E-state index in [9.17, 15) is 9.18 Å². The van der Waals surface area contributed by atoms with Crippen LogP contribution in [-0.4, -0.2) is 12.6 Å². The first kappa shape index (κ1) is 15.3. The first-order valence-electron chi connectivity index (χ1n) is 6.30. The van der Waals surface area contributed by atoms with Gasteiger partial charge in [0.2, 0.25) is 0 Å². The normalized spacial score (nSPS) is 10.2. The number of carbonyl (C=O) groups excluding carboxylic acids is 1. The molecule has 0 aliphatic carbocycles. The van der Waals surface area contributed by atoms with Crippen molar-refractivity contribution in [3.63, 3.8) is 0 Å². The molecule has 6 heteroatoms. The third kappa shape index (κ3) is 3.52. The third-order valence-electron chi connectivity index (χ3n) is 2.78. The third-order valence-corrected chi connectivity index (χ3v) is 3.27. The van der Waals surface area contributed by atoms with Gasteiger partial charge in [-0.2, -0.15) is 0 Å². The summed E-state index contributed by atoms with van der Waals surface area (Å²) >= 11 is 3.27. The van der Waals surface area contributed by atoms with Crippen LogP contribution >= 0.6 is 15.9 Å². The van der Waals surface area contributed by atoms with Crippen molar-refractivity contribution in [3.8, 4) is 0 Å². The van der Waals surface area contributed by atoms with Crippen LogP contribution in [0, 0.1) is 5.82 Å². The monoisotopic (exact) mass is 352 g/mol. The van der Waals surface area contributed by atoms with Crippen LogP contribution in [0.5, 0.6) is 0 Å². The first-order chi connectivity index (χ1) is 10.0. The topological polar surface area (TPSA) is 64.3 Å². The molecule has 0 aromatic heterocycles. The highest BCUT2D eigenvalue weighted by molar-refractivity contribution is 9.10. The van der Waals surface area contributed by atoms with Gasteiger partial charge in [0.25, 0.3) is 0 Å². The van der Waals surface area contributed by atoms with Gasteiger partial charge in [-0.3, -0.25) is 0 Å². The zero-order valence-corrected chi connectivity index (χ0v) is 12.9. The highest BCUT2D eigenvalue weighted by Gasteiger charge is 2.16. The van der Waals surface area contributed by atoms with Gasteiger partial charge in [-0.25, -0.2) is 9.18 Å². The van der Waals surface area contributed by atoms with Crippen molar-refractivity contribution in [1.29, 1.82) is 0 Å². The molecule has 0 radical (unpaired) electrons. The van der Waals surface area contributed by atoms with Crippen molar-refractivity contribution in [2.45, 2.75) is 6.92 Å². The van der Waals surface area contributed by atoms with Crippen molar-refractivity contribution < 1.29 is 13.9 Å². The molecule has 0 aliphatic rings. The number of anilines is 3. The average Bonchev–Trinajstić information content (AvgIpc) is 2.45. The molecule has 0 atom stereocenters. The average molecular weight is 353 g/mol. The lowest BCUT2D eigenvalue weighted by Gasteiger charge is -2.14. The fraction of sp³-hybridized carbons (Fsp3) is 0.133. The minimum absolute atomic E-state index is 0.216. The highest BCUT2D eigenvalue weighted by Crippen LogP contribution is 2.30. The van der Waals surface area contributed by atoms with Crippen LogP contribution < -0.4 is 11.1 Å². The van der Waals surface area contributed by atoms with E-state index < -0.39 is 11.8 Å². The summed E-state index contributed by atoms with van der Waals surface area (Å²) in [7, 11) is 0. The first-order valence-corrected chi connectivity index (χ1v) is 7.10. The predicted octanol–water partition coefficient (Wildman–Crippen LogP) is 4.09. The molecule has 3 N–H and O–H groups in total. The number of nitrogens with one attached hydrogen (secondary N) is 1. The van der Waals surface area contributed by atoms with Crippen molar-refractivity contribution in [2.24, 2.45) is 0 Å². The van der Waals surface area contributed by atoms with Gasteiger partial charge in [-0.15, -0.1) is 0 Å². The molecule has 0 aliphatic heterocycles. The molecule has 110 valence electrons. The number of hydrogen-bond donors (Lipinski definition) is 2. The molecule has 0 unspecified atom stereocenters. The molecule has 0 heterocycles. The fourth-order valence-electron chi connectivity index (χ4n) is 1.82. The Hall–Kier alpha value is -2.08. The quantitative estimate of drug-likeness (QED) is 0.642. The van der Waals surface area contributed by atoms with Crippen LogP contribution in [0.15, 0.2) is 40.9 Å². The summed E-state index contributed by atoms with van der Waals surface area (Å²) in [4.78, 5) is 11.9. The summed E-state index contributed by atoms with van der Waals surface area (Å²) in [6.45, 7) is 1.96. The lowest BCUT2D eigenvalue weighted by molar-refractivity contribution is 0.0527. The second-order valence-electron chi connectivity index (χ2n) is 4.24. The number of nitrogens with two attached hydrogens (primary N) is 1. The van der Waals surface area contributed by atoms with Gasteiger partial charge < -0.3 is 15.8 Å². The number of ether oxygens (including phenoxy) is 1. The largest absolute Gasteiger partial charge is 0.462 e. The number of halogens is 2. The van der Waals surface area contributed by atoms with E-state index in [1.54, 1.807) is 37.3 Å². The number of rotatable bonds is 4. The summed E-state index contributed by atoms with van der Waals surface area (Å²) < 4.78 is 19.5. The van der Waals surface area contributed by atoms with Crippen molar-refractivity contribution in [2.75, 3.05) is 17.7 Å². The van der Waals surface area contributed by atoms with E-state index in [2.05, 4.69) is 21.2 Å². The second-order valence-corrected chi connectivity index (χ2v) is 5.16. The maximum Gasteiger partial charge on any atom is 0.340 e. The van der Waals surface area contributed by atoms with Gasteiger partial charge in [-0.05, 0) is 37.3 Å². The molecule has 0 saturated carbocycles. The minimum atomic E-state index is -0.511. The summed E-state index contributed by atoms with van der Waals surface area (Å²) in [6.07, 6.45) is 0. The Bertz CT molecular complexity index is 677. The van der Waals surface area contributed by atoms with Crippen molar-refractivity contribution in [1.82, 2.24) is 0 Å². The van der Waals surface area contributed by atoms with Gasteiger partial charge in [0.1, 0.15) is 5.82 Å². The van der Waals surface area contributed by atoms with Gasteiger partial charge in [0, 0.05) is 4.47 Å². The Labute approximate surface area is 130 Å². The summed E-state index contributed by atoms with van der Waals surface area (Å²) in [5, 5.41) is 2.86. The van der Waals surface area contributed by atoms with Crippen molar-refractivity contribution >= 4 is 39.0 Å². The maximum absolute atomic E-state index is 13.8. The highest BCUT2D eigenvalue weighted by atomic mass is 79.9. The Kier molecular flexibility index (Phi) is 4.80. The second kappa shape index (κ2) is 6.58. The van der Waals surface area contributed by atoms with Crippen LogP contribution in [-0.2, 0) is 4.74 Å². The molecule has 0 saturated heterocycles. The predicted molar refractivity (Wildman–Crippen MR) is 84.2 cm³/mol. The molecule has 21 heavy (non-hydrogen) atoms. The molecule has 0 fully saturated rings. The number of benzene rings is 2. The Morgan fingerprint density at radius 3 is 2.86 bits per heavy atom. The van der Waals surface area contributed by atoms with E-state index >= 15 is 0 Å². The van der Waals surface area contributed by atoms with E-state index in [1.165, 1.54) is 6.07 Å². The molecular weight excluding hydrogens is 339 g/mol. The Morgan fingerprint density at radius 1 is 1.38 bits per heavy atom. The zero-order chi connectivity index (χ0) is 15.4. The number of nitrogen functional groups attached to an aromatic ring is 1. The van der Waals surface area contributed by atoms with Crippen molar-refractivity contribution in [3.05, 3.63) is 52.3 Å². The standard InChI is InChI=1S/C15H14BrFN2O2/c1-2-21-15(20)10-4-3-5-12(18)14(10)19-13-8-9(16)6-7-11(13)17/h3-8,19H,2,18H2,1H3. The molecule has 2 aromatic carbocycles. The van der Waals surface area contributed by atoms with E-state index in [1.807, 2.05) is 0 Å². The molecule has 4 nitrogen and oxygen atoms in total. The van der Waals surface area contributed by atoms with Gasteiger partial charge >= 0.3 is 5.97 Å². The minimum Gasteiger partial charge on any atom is -0.462 e. The van der Waals surface area contributed by atoms with E-state index in [-0.39, 0.29) is 17.9 Å². The van der Waals surface area contributed by atoms with Crippen LogP contribution in [0.1, 0.15) is 17.3 Å². The van der Waals surface area contributed by atoms with Crippen LogP contribution in [0.4, 0.5) is 21.5 Å². The van der Waals surface area contributed by atoms with E-state index in [4.69, 9.17) is 10.5 Å². The van der Waals surface area contributed by atoms with E-state index in [0.29, 0.717) is 15.8 Å². The smallest absolute Gasteiger partial charge is 0.340 e. The number of esters is 1. The Morgan fingerprint density at radius 2 is 2.14 bits per heavy atom. The summed E-state index contributed by atoms with van der Waals surface area (Å²) in [5.41, 5.74) is 7.02. The molecule has 0 spiro atoms. The maximum atomic E-state index is 13.8. The molecule has 0 bridgehead atoms. The SMILES string of the molecule is CCOC(=O)c1cccc(N)c1Nc1cc(Br)ccc1F. The summed E-state index contributed by atoms with van der Waals surface area (Å²) in [6, 6.07) is 9.31. The van der Waals surface area contributed by atoms with E-state index in [0.717, 1.165) is 0 Å². The molecule has 0 amide bonds. The molecule has 2 rings (SSSR count). The number of para-hydroxylation sites is 1. The molecule has 2 aromatic rings. The number of carbonyl (C=O) groups is 1. The Balaban J connectivity index is 2.43. The van der Waals surface area contributed by atoms with Gasteiger partial charge in [0.05, 0.1) is 29.2 Å². The lowest BCUT2D eigenvalue weighted by Crippen LogP contribution is -2.10. The number of hydrogen-bond acceptors (Lipinski definition) is 4. The van der Waals surface area contributed by atoms with Crippen LogP contribution in [0.2, 0.25) is 0 Å². The summed E-state index contributed by atoms with van der Waals surface area (Å²) in [5.74, 6) is -0.959. The fourth-order valence-corrected chi connectivity index (χ4v) is 2.18.